The van der Waals surface area contributed by atoms with Crippen molar-refractivity contribution in [3.8, 4) is 17.2 Å². The van der Waals surface area contributed by atoms with Gasteiger partial charge in [0.05, 0.1) is 9.26 Å². The van der Waals surface area contributed by atoms with Crippen LogP contribution in [-0.2, 0) is 0 Å². The predicted molar refractivity (Wildman–Crippen MR) is 139 cm³/mol. The van der Waals surface area contributed by atoms with Crippen molar-refractivity contribution in [1.29, 1.82) is 0 Å². The number of aromatic hydroxyl groups is 1. The number of nitrogens with zero attached hydrogens (tertiary/aromatic N) is 2. The van der Waals surface area contributed by atoms with Crippen LogP contribution in [0.15, 0.2) is 64.0 Å². The third-order valence-corrected chi connectivity index (χ3v) is 6.54. The van der Waals surface area contributed by atoms with E-state index in [1.54, 1.807) is 6.21 Å². The van der Waals surface area contributed by atoms with Crippen LogP contribution >= 0.6 is 45.2 Å². The summed E-state index contributed by atoms with van der Waals surface area (Å²) in [6.07, 6.45) is 2.77. The maximum absolute atomic E-state index is 10.3. The summed E-state index contributed by atoms with van der Waals surface area (Å²) in [5.41, 5.74) is 5.25. The number of aromatic nitrogens is 1. The summed E-state index contributed by atoms with van der Waals surface area (Å²) in [5, 5.41) is 10.3. The largest absolute Gasteiger partial charge is 0.506 e. The van der Waals surface area contributed by atoms with Crippen molar-refractivity contribution in [3.05, 3.63) is 72.9 Å². The van der Waals surface area contributed by atoms with Crippen molar-refractivity contribution in [3.63, 3.8) is 0 Å². The molecule has 1 atom stereocenters. The fourth-order valence-corrected chi connectivity index (χ4v) is 5.05. The van der Waals surface area contributed by atoms with Crippen LogP contribution in [-0.4, -0.2) is 16.3 Å². The summed E-state index contributed by atoms with van der Waals surface area (Å²) in [6.45, 7) is 4.41. The third kappa shape index (κ3) is 4.54. The van der Waals surface area contributed by atoms with E-state index in [0.717, 1.165) is 35.9 Å². The molecule has 0 saturated heterocycles. The van der Waals surface area contributed by atoms with E-state index < -0.39 is 0 Å². The highest BCUT2D eigenvalue weighted by Crippen LogP contribution is 2.30. The van der Waals surface area contributed by atoms with Crippen molar-refractivity contribution in [2.75, 3.05) is 0 Å². The molecule has 1 heterocycles. The van der Waals surface area contributed by atoms with Gasteiger partial charge in [-0.15, -0.1) is 0 Å². The van der Waals surface area contributed by atoms with Gasteiger partial charge in [0.25, 0.3) is 0 Å². The quantitative estimate of drug-likeness (QED) is 0.184. The zero-order chi connectivity index (χ0) is 21.3. The SMILES string of the molecule is CC[C@H](C)c1ccc2oc(-c3cccc(N=Cc4cc(I)cc(I)c4O)c3)nc2c1. The number of oxazole rings is 1. The van der Waals surface area contributed by atoms with Crippen LogP contribution in [0.25, 0.3) is 22.6 Å². The highest BCUT2D eigenvalue weighted by Gasteiger charge is 2.11. The lowest BCUT2D eigenvalue weighted by molar-refractivity contribution is 0.470. The number of hydrogen-bond donors (Lipinski definition) is 1. The zero-order valence-corrected chi connectivity index (χ0v) is 20.9. The maximum Gasteiger partial charge on any atom is 0.227 e. The first-order valence-electron chi connectivity index (χ1n) is 9.67. The normalized spacial score (nSPS) is 12.7. The Balaban J connectivity index is 1.65. The highest BCUT2D eigenvalue weighted by molar-refractivity contribution is 14.1. The first-order valence-corrected chi connectivity index (χ1v) is 11.8. The van der Waals surface area contributed by atoms with Crippen LogP contribution in [0.4, 0.5) is 5.69 Å². The molecule has 0 bridgehead atoms. The van der Waals surface area contributed by atoms with Gasteiger partial charge in [0.1, 0.15) is 11.3 Å². The number of benzene rings is 3. The summed E-state index contributed by atoms with van der Waals surface area (Å²) in [5.74, 6) is 1.31. The Hall–Kier alpha value is -1.94. The lowest BCUT2D eigenvalue weighted by atomic mass is 9.98. The number of phenols is 1. The van der Waals surface area contributed by atoms with Crippen molar-refractivity contribution >= 4 is 68.2 Å². The molecule has 0 fully saturated rings. The Bertz CT molecular complexity index is 1250. The lowest BCUT2D eigenvalue weighted by Gasteiger charge is -2.07. The first-order chi connectivity index (χ1) is 14.4. The fourth-order valence-electron chi connectivity index (χ4n) is 3.16. The second-order valence-corrected chi connectivity index (χ2v) is 9.60. The molecule has 6 heteroatoms. The topological polar surface area (TPSA) is 58.6 Å². The van der Waals surface area contributed by atoms with E-state index in [-0.39, 0.29) is 5.75 Å². The Kier molecular flexibility index (Phi) is 6.43. The van der Waals surface area contributed by atoms with Gasteiger partial charge in [0.2, 0.25) is 5.89 Å². The van der Waals surface area contributed by atoms with Gasteiger partial charge in [-0.05, 0) is 106 Å². The van der Waals surface area contributed by atoms with Crippen molar-refractivity contribution in [2.45, 2.75) is 26.2 Å². The number of rotatable bonds is 5. The molecule has 1 N–H and O–H groups in total. The molecule has 0 unspecified atom stereocenters. The van der Waals surface area contributed by atoms with Crippen LogP contribution in [0.5, 0.6) is 5.75 Å². The summed E-state index contributed by atoms with van der Waals surface area (Å²) < 4.78 is 7.84. The minimum absolute atomic E-state index is 0.243. The number of halogens is 2. The zero-order valence-electron chi connectivity index (χ0n) is 16.6. The van der Waals surface area contributed by atoms with Crippen molar-refractivity contribution in [1.82, 2.24) is 4.98 Å². The van der Waals surface area contributed by atoms with Gasteiger partial charge >= 0.3 is 0 Å². The lowest BCUT2D eigenvalue weighted by Crippen LogP contribution is -1.90. The van der Waals surface area contributed by atoms with Gasteiger partial charge < -0.3 is 9.52 Å². The highest BCUT2D eigenvalue weighted by atomic mass is 127. The van der Waals surface area contributed by atoms with E-state index in [4.69, 9.17) is 9.40 Å². The van der Waals surface area contributed by atoms with Gasteiger partial charge in [-0.25, -0.2) is 4.98 Å². The van der Waals surface area contributed by atoms with E-state index in [1.807, 2.05) is 42.5 Å². The van der Waals surface area contributed by atoms with Crippen LogP contribution in [0, 0.1) is 7.14 Å². The summed E-state index contributed by atoms with van der Waals surface area (Å²) >= 11 is 4.35. The number of aliphatic imine (C=N–C) groups is 1. The monoisotopic (exact) mass is 622 g/mol. The Labute approximate surface area is 202 Å². The van der Waals surface area contributed by atoms with Gasteiger partial charge in [-0.2, -0.15) is 0 Å². The summed E-state index contributed by atoms with van der Waals surface area (Å²) in [4.78, 5) is 9.24. The predicted octanol–water partition coefficient (Wildman–Crippen LogP) is 7.67. The van der Waals surface area contributed by atoms with Gasteiger partial charge in [-0.3, -0.25) is 4.99 Å². The Morgan fingerprint density at radius 3 is 2.77 bits per heavy atom. The van der Waals surface area contributed by atoms with Crippen LogP contribution < -0.4 is 0 Å². The summed E-state index contributed by atoms with van der Waals surface area (Å²) in [7, 11) is 0. The number of phenolic OH excluding ortho intramolecular Hbond substituents is 1. The first kappa shape index (κ1) is 21.3. The Morgan fingerprint density at radius 2 is 1.97 bits per heavy atom. The van der Waals surface area contributed by atoms with E-state index in [1.165, 1.54) is 5.56 Å². The number of fused-ring (bicyclic) bond motifs is 1. The summed E-state index contributed by atoms with van der Waals surface area (Å²) in [6, 6.07) is 17.8. The number of hydrogen-bond acceptors (Lipinski definition) is 4. The van der Waals surface area contributed by atoms with Gasteiger partial charge in [0, 0.05) is 20.9 Å². The molecule has 1 aromatic heterocycles. The third-order valence-electron chi connectivity index (χ3n) is 5.10. The molecular weight excluding hydrogens is 602 g/mol. The second kappa shape index (κ2) is 9.05. The maximum atomic E-state index is 10.3. The van der Waals surface area contributed by atoms with Crippen molar-refractivity contribution in [2.24, 2.45) is 4.99 Å². The molecule has 30 heavy (non-hydrogen) atoms. The fraction of sp³-hybridized carbons (Fsp3) is 0.167. The molecule has 0 aliphatic rings. The average Bonchev–Trinajstić information content (AvgIpc) is 3.18. The second-order valence-electron chi connectivity index (χ2n) is 7.19. The molecule has 0 amide bonds. The Morgan fingerprint density at radius 1 is 1.13 bits per heavy atom. The minimum Gasteiger partial charge on any atom is -0.506 e. The van der Waals surface area contributed by atoms with E-state index >= 15 is 0 Å². The molecule has 0 spiro atoms. The smallest absolute Gasteiger partial charge is 0.227 e. The van der Waals surface area contributed by atoms with Crippen LogP contribution in [0.2, 0.25) is 0 Å². The minimum atomic E-state index is 0.243. The average molecular weight is 622 g/mol. The van der Waals surface area contributed by atoms with Crippen LogP contribution in [0.1, 0.15) is 37.3 Å². The molecular formula is C24H20I2N2O2. The molecule has 0 aliphatic heterocycles. The van der Waals surface area contributed by atoms with E-state index in [0.29, 0.717) is 17.4 Å². The van der Waals surface area contributed by atoms with Crippen LogP contribution in [0.3, 0.4) is 0 Å². The standard InChI is InChI=1S/C24H20I2N2O2/c1-3-14(2)15-7-8-22-21(11-15)28-24(30-22)16-5-4-6-19(10-16)27-13-17-9-18(25)12-20(26)23(17)29/h4-14,29H,3H2,1-2H3/t14-/m0/s1. The van der Waals surface area contributed by atoms with Gasteiger partial charge in [-0.1, -0.05) is 26.0 Å². The molecule has 0 saturated carbocycles. The van der Waals surface area contributed by atoms with E-state index in [9.17, 15) is 5.11 Å². The van der Waals surface area contributed by atoms with Gasteiger partial charge in [0.15, 0.2) is 5.58 Å². The molecule has 4 aromatic rings. The van der Waals surface area contributed by atoms with Crippen molar-refractivity contribution < 1.29 is 9.52 Å². The van der Waals surface area contributed by atoms with E-state index in [2.05, 4.69) is 76.2 Å². The molecule has 0 aliphatic carbocycles. The molecule has 4 rings (SSSR count). The molecule has 0 radical (unpaired) electrons. The molecule has 4 nitrogen and oxygen atoms in total. The molecule has 3 aromatic carbocycles. The molecule has 152 valence electrons.